The predicted octanol–water partition coefficient (Wildman–Crippen LogP) is 4.22. The molecular formula is C17H25ClN2O4. The third-order valence-electron chi connectivity index (χ3n) is 3.36. The third-order valence-corrected chi connectivity index (χ3v) is 3.69. The minimum atomic E-state index is -1.12. The summed E-state index contributed by atoms with van der Waals surface area (Å²) in [6.07, 6.45) is 1.26. The fourth-order valence-electron chi connectivity index (χ4n) is 2.35. The highest BCUT2D eigenvalue weighted by Gasteiger charge is 2.29. The number of carbonyl (C=O) groups is 2. The van der Waals surface area contributed by atoms with E-state index < -0.39 is 23.7 Å². The number of carbonyl (C=O) groups excluding carboxylic acids is 1. The average molecular weight is 357 g/mol. The van der Waals surface area contributed by atoms with Gasteiger partial charge in [-0.3, -0.25) is 4.98 Å². The lowest BCUT2D eigenvalue weighted by molar-refractivity contribution is 0.0484. The van der Waals surface area contributed by atoms with Gasteiger partial charge >= 0.3 is 12.1 Å². The molecular weight excluding hydrogens is 332 g/mol. The van der Waals surface area contributed by atoms with Gasteiger partial charge in [-0.15, -0.1) is 0 Å². The number of carboxylic acid groups (broad SMARTS) is 1. The summed E-state index contributed by atoms with van der Waals surface area (Å²) in [6, 6.07) is -0.603. The van der Waals surface area contributed by atoms with Crippen LogP contribution in [0.15, 0.2) is 6.20 Å². The molecule has 0 bridgehead atoms. The number of alkyl carbamates (subject to hydrolysis) is 1. The number of nitrogens with zero attached hydrogens (tertiary/aromatic N) is 1. The molecule has 1 aromatic heterocycles. The van der Waals surface area contributed by atoms with Crippen molar-refractivity contribution >= 4 is 23.7 Å². The number of pyridine rings is 1. The largest absolute Gasteiger partial charge is 0.478 e. The summed E-state index contributed by atoms with van der Waals surface area (Å²) >= 11 is 6.08. The maximum absolute atomic E-state index is 12.1. The molecule has 0 aromatic carbocycles. The van der Waals surface area contributed by atoms with E-state index >= 15 is 0 Å². The summed E-state index contributed by atoms with van der Waals surface area (Å²) in [5.41, 5.74) is 0.179. The molecule has 0 saturated carbocycles. The monoisotopic (exact) mass is 356 g/mol. The second-order valence-corrected chi connectivity index (χ2v) is 7.28. The first-order chi connectivity index (χ1) is 11.0. The Morgan fingerprint density at radius 3 is 2.38 bits per heavy atom. The van der Waals surface area contributed by atoms with Crippen LogP contribution in [-0.4, -0.2) is 27.8 Å². The molecule has 1 atom stereocenters. The second kappa shape index (κ2) is 7.83. The van der Waals surface area contributed by atoms with Crippen molar-refractivity contribution in [1.82, 2.24) is 10.3 Å². The number of rotatable bonds is 5. The number of carboxylic acids is 1. The zero-order valence-electron chi connectivity index (χ0n) is 14.9. The lowest BCUT2D eigenvalue weighted by Gasteiger charge is -2.27. The van der Waals surface area contributed by atoms with Gasteiger partial charge in [0.2, 0.25) is 0 Å². The summed E-state index contributed by atoms with van der Waals surface area (Å²) in [4.78, 5) is 28.1. The molecule has 1 rings (SSSR count). The molecule has 0 radical (unpaired) electrons. The van der Waals surface area contributed by atoms with Crippen LogP contribution in [0.25, 0.3) is 0 Å². The van der Waals surface area contributed by atoms with Crippen LogP contribution >= 0.6 is 11.6 Å². The molecule has 2 N–H and O–H groups in total. The maximum atomic E-state index is 12.1. The van der Waals surface area contributed by atoms with E-state index in [-0.39, 0.29) is 17.2 Å². The van der Waals surface area contributed by atoms with Gasteiger partial charge in [0, 0.05) is 6.20 Å². The fraction of sp³-hybridized carbons (Fsp3) is 0.588. The molecule has 0 aliphatic rings. The third kappa shape index (κ3) is 5.09. The van der Waals surface area contributed by atoms with Gasteiger partial charge in [-0.2, -0.15) is 0 Å². The average Bonchev–Trinajstić information content (AvgIpc) is 2.42. The van der Waals surface area contributed by atoms with Crippen molar-refractivity contribution < 1.29 is 19.4 Å². The lowest BCUT2D eigenvalue weighted by Crippen LogP contribution is -2.38. The first-order valence-corrected chi connectivity index (χ1v) is 8.25. The zero-order chi connectivity index (χ0) is 18.7. The Balaban J connectivity index is 3.32. The first kappa shape index (κ1) is 20.2. The van der Waals surface area contributed by atoms with Crippen molar-refractivity contribution in [2.24, 2.45) is 5.92 Å². The van der Waals surface area contributed by atoms with Gasteiger partial charge in [0.1, 0.15) is 5.60 Å². The van der Waals surface area contributed by atoms with Crippen LogP contribution in [0.5, 0.6) is 0 Å². The Morgan fingerprint density at radius 1 is 1.38 bits per heavy atom. The molecule has 0 aliphatic carbocycles. The molecule has 0 aliphatic heterocycles. The Hall–Kier alpha value is -1.82. The van der Waals surface area contributed by atoms with E-state index in [1.165, 1.54) is 6.20 Å². The van der Waals surface area contributed by atoms with Gasteiger partial charge in [-0.25, -0.2) is 9.59 Å². The molecule has 0 spiro atoms. The fourth-order valence-corrected chi connectivity index (χ4v) is 2.62. The highest BCUT2D eigenvalue weighted by Crippen LogP contribution is 2.30. The predicted molar refractivity (Wildman–Crippen MR) is 92.5 cm³/mol. The molecule has 1 amide bonds. The standard InChI is InChI=1S/C17H25ClN2O4/c1-7-10-11(18)8-19-14(12(10)15(21)22)13(9(2)3)20-16(23)24-17(4,5)6/h8-9,13H,7H2,1-6H3,(H,20,23)(H,21,22). The molecule has 1 aromatic rings. The van der Waals surface area contributed by atoms with Gasteiger partial charge in [-0.1, -0.05) is 32.4 Å². The highest BCUT2D eigenvalue weighted by atomic mass is 35.5. The van der Waals surface area contributed by atoms with E-state index in [0.717, 1.165) is 0 Å². The molecule has 1 unspecified atom stereocenters. The topological polar surface area (TPSA) is 88.5 Å². The zero-order valence-corrected chi connectivity index (χ0v) is 15.7. The van der Waals surface area contributed by atoms with E-state index in [4.69, 9.17) is 16.3 Å². The van der Waals surface area contributed by atoms with Crippen LogP contribution in [0.1, 0.15) is 69.2 Å². The summed E-state index contributed by atoms with van der Waals surface area (Å²) in [7, 11) is 0. The first-order valence-electron chi connectivity index (χ1n) is 7.88. The van der Waals surface area contributed by atoms with Crippen molar-refractivity contribution in [2.45, 2.75) is 59.6 Å². The number of amides is 1. The van der Waals surface area contributed by atoms with E-state index in [0.29, 0.717) is 17.0 Å². The quantitative estimate of drug-likeness (QED) is 0.824. The van der Waals surface area contributed by atoms with Crippen molar-refractivity contribution in [2.75, 3.05) is 0 Å². The lowest BCUT2D eigenvalue weighted by atomic mass is 9.93. The summed E-state index contributed by atoms with van der Waals surface area (Å²) < 4.78 is 5.27. The Labute approximate surface area is 147 Å². The van der Waals surface area contributed by atoms with Gasteiger partial charge in [0.25, 0.3) is 0 Å². The molecule has 0 fully saturated rings. The van der Waals surface area contributed by atoms with Crippen molar-refractivity contribution in [3.05, 3.63) is 28.0 Å². The Bertz CT molecular complexity index is 624. The number of hydrogen-bond donors (Lipinski definition) is 2. The second-order valence-electron chi connectivity index (χ2n) is 6.87. The Kier molecular flexibility index (Phi) is 6.60. The number of ether oxygens (including phenoxy) is 1. The van der Waals surface area contributed by atoms with Crippen LogP contribution in [0.4, 0.5) is 4.79 Å². The molecule has 1 heterocycles. The van der Waals surface area contributed by atoms with Crippen molar-refractivity contribution in [1.29, 1.82) is 0 Å². The normalized spacial score (nSPS) is 12.8. The van der Waals surface area contributed by atoms with Crippen LogP contribution in [-0.2, 0) is 11.2 Å². The van der Waals surface area contributed by atoms with E-state index in [9.17, 15) is 14.7 Å². The van der Waals surface area contributed by atoms with Crippen molar-refractivity contribution in [3.63, 3.8) is 0 Å². The number of aromatic nitrogens is 1. The van der Waals surface area contributed by atoms with Crippen molar-refractivity contribution in [3.8, 4) is 0 Å². The van der Waals surface area contributed by atoms with Crippen LogP contribution in [0.2, 0.25) is 5.02 Å². The minimum absolute atomic E-state index is 0.0414. The van der Waals surface area contributed by atoms with Gasteiger partial charge in [0.05, 0.1) is 22.3 Å². The number of hydrogen-bond acceptors (Lipinski definition) is 4. The minimum Gasteiger partial charge on any atom is -0.478 e. The van der Waals surface area contributed by atoms with Crippen LogP contribution in [0.3, 0.4) is 0 Å². The summed E-state index contributed by atoms with van der Waals surface area (Å²) in [5, 5.41) is 12.6. The SMILES string of the molecule is CCc1c(Cl)cnc(C(NC(=O)OC(C)(C)C)C(C)C)c1C(=O)O. The van der Waals surface area contributed by atoms with Gasteiger partial charge < -0.3 is 15.2 Å². The van der Waals surface area contributed by atoms with E-state index in [2.05, 4.69) is 10.3 Å². The van der Waals surface area contributed by atoms with E-state index in [1.54, 1.807) is 20.8 Å². The van der Waals surface area contributed by atoms with E-state index in [1.807, 2.05) is 20.8 Å². The molecule has 134 valence electrons. The molecule has 24 heavy (non-hydrogen) atoms. The Morgan fingerprint density at radius 2 is 1.96 bits per heavy atom. The number of halogens is 1. The summed E-state index contributed by atoms with van der Waals surface area (Å²) in [6.45, 7) is 10.8. The molecule has 0 saturated heterocycles. The number of nitrogens with one attached hydrogen (secondary N) is 1. The molecule has 7 heteroatoms. The number of aromatic carboxylic acids is 1. The highest BCUT2D eigenvalue weighted by molar-refractivity contribution is 6.31. The van der Waals surface area contributed by atoms with Crippen LogP contribution < -0.4 is 5.32 Å². The smallest absolute Gasteiger partial charge is 0.408 e. The maximum Gasteiger partial charge on any atom is 0.408 e. The molecule has 6 nitrogen and oxygen atoms in total. The van der Waals surface area contributed by atoms with Gasteiger partial charge in [0.15, 0.2) is 0 Å². The summed E-state index contributed by atoms with van der Waals surface area (Å²) in [5.74, 6) is -1.21. The van der Waals surface area contributed by atoms with Gasteiger partial charge in [-0.05, 0) is 38.7 Å². The van der Waals surface area contributed by atoms with Crippen LogP contribution in [0, 0.1) is 5.92 Å².